The Morgan fingerprint density at radius 1 is 0.789 bits per heavy atom. The molecule has 0 aliphatic heterocycles. The van der Waals surface area contributed by atoms with Gasteiger partial charge in [0.05, 0.1) is 0 Å². The van der Waals surface area contributed by atoms with Gasteiger partial charge in [-0.05, 0) is 48.2 Å². The van der Waals surface area contributed by atoms with Crippen LogP contribution in [0.15, 0.2) is 42.5 Å². The molecule has 0 fully saturated rings. The minimum Gasteiger partial charge on any atom is -0.327 e. The Hall–Kier alpha value is -1.81. The van der Waals surface area contributed by atoms with E-state index in [0.717, 1.165) is 17.7 Å². The topological polar surface area (TPSA) is 26.0 Å². The van der Waals surface area contributed by atoms with E-state index in [4.69, 9.17) is 5.73 Å². The van der Waals surface area contributed by atoms with Crippen molar-refractivity contribution in [1.29, 1.82) is 0 Å². The summed E-state index contributed by atoms with van der Waals surface area (Å²) in [6.45, 7) is 0. The smallest absolute Gasteiger partial charge is 0.159 e. The van der Waals surface area contributed by atoms with E-state index in [2.05, 4.69) is 0 Å². The maximum absolute atomic E-state index is 13.0. The second-order valence-corrected chi connectivity index (χ2v) is 4.54. The molecule has 0 aromatic heterocycles. The minimum atomic E-state index is -0.869. The van der Waals surface area contributed by atoms with E-state index in [-0.39, 0.29) is 11.9 Å². The Morgan fingerprint density at radius 3 is 2.00 bits per heavy atom. The van der Waals surface area contributed by atoms with Crippen molar-refractivity contribution in [2.45, 2.75) is 18.9 Å². The zero-order chi connectivity index (χ0) is 13.8. The van der Waals surface area contributed by atoms with Crippen LogP contribution >= 0.6 is 0 Å². The Labute approximate surface area is 109 Å². The SMILES string of the molecule is NC(Cc1ccc(F)cc1)Cc1ccc(F)c(F)c1. The summed E-state index contributed by atoms with van der Waals surface area (Å²) in [7, 11) is 0. The zero-order valence-electron chi connectivity index (χ0n) is 10.2. The highest BCUT2D eigenvalue weighted by Gasteiger charge is 2.08. The summed E-state index contributed by atoms with van der Waals surface area (Å²) in [4.78, 5) is 0. The highest BCUT2D eigenvalue weighted by Crippen LogP contribution is 2.12. The maximum atomic E-state index is 13.0. The van der Waals surface area contributed by atoms with Crippen molar-refractivity contribution < 1.29 is 13.2 Å². The van der Waals surface area contributed by atoms with Gasteiger partial charge < -0.3 is 5.73 Å². The van der Waals surface area contributed by atoms with Gasteiger partial charge in [0.25, 0.3) is 0 Å². The first kappa shape index (κ1) is 13.6. The molecule has 2 aromatic carbocycles. The molecule has 1 nitrogen and oxygen atoms in total. The first-order valence-electron chi connectivity index (χ1n) is 5.98. The van der Waals surface area contributed by atoms with Gasteiger partial charge in [-0.15, -0.1) is 0 Å². The molecule has 100 valence electrons. The molecule has 1 unspecified atom stereocenters. The first-order valence-corrected chi connectivity index (χ1v) is 5.98. The van der Waals surface area contributed by atoms with Gasteiger partial charge in [0, 0.05) is 6.04 Å². The molecular weight excluding hydrogens is 251 g/mol. The van der Waals surface area contributed by atoms with E-state index in [1.54, 1.807) is 12.1 Å². The summed E-state index contributed by atoms with van der Waals surface area (Å²) < 4.78 is 38.6. The van der Waals surface area contributed by atoms with Gasteiger partial charge in [-0.25, -0.2) is 13.2 Å². The third kappa shape index (κ3) is 3.83. The zero-order valence-corrected chi connectivity index (χ0v) is 10.2. The van der Waals surface area contributed by atoms with Gasteiger partial charge >= 0.3 is 0 Å². The molecule has 0 saturated heterocycles. The summed E-state index contributed by atoms with van der Waals surface area (Å²) >= 11 is 0. The van der Waals surface area contributed by atoms with Crippen molar-refractivity contribution in [3.8, 4) is 0 Å². The first-order chi connectivity index (χ1) is 9.04. The molecule has 0 heterocycles. The van der Waals surface area contributed by atoms with E-state index >= 15 is 0 Å². The van der Waals surface area contributed by atoms with Crippen molar-refractivity contribution in [2.24, 2.45) is 5.73 Å². The molecule has 0 spiro atoms. The molecule has 2 rings (SSSR count). The molecule has 2 aromatic rings. The second-order valence-electron chi connectivity index (χ2n) is 4.54. The van der Waals surface area contributed by atoms with Crippen molar-refractivity contribution in [3.05, 3.63) is 71.0 Å². The van der Waals surface area contributed by atoms with E-state index in [1.165, 1.54) is 18.2 Å². The van der Waals surface area contributed by atoms with Gasteiger partial charge in [-0.3, -0.25) is 0 Å². The molecule has 4 heteroatoms. The van der Waals surface area contributed by atoms with E-state index < -0.39 is 11.6 Å². The molecule has 0 aliphatic rings. The standard InChI is InChI=1S/C15H14F3N/c16-12-4-1-10(2-5-12)7-13(19)8-11-3-6-14(17)15(18)9-11/h1-6,9,13H,7-8,19H2. The van der Waals surface area contributed by atoms with Crippen molar-refractivity contribution in [3.63, 3.8) is 0 Å². The number of halogens is 3. The summed E-state index contributed by atoms with van der Waals surface area (Å²) in [5.74, 6) is -2.03. The van der Waals surface area contributed by atoms with Gasteiger partial charge in [-0.2, -0.15) is 0 Å². The molecule has 2 N–H and O–H groups in total. The van der Waals surface area contributed by atoms with Gasteiger partial charge in [-0.1, -0.05) is 18.2 Å². The fourth-order valence-corrected chi connectivity index (χ4v) is 1.96. The monoisotopic (exact) mass is 265 g/mol. The Balaban J connectivity index is 1.98. The lowest BCUT2D eigenvalue weighted by atomic mass is 9.99. The lowest BCUT2D eigenvalue weighted by Crippen LogP contribution is -2.25. The fraction of sp³-hybridized carbons (Fsp3) is 0.200. The van der Waals surface area contributed by atoms with E-state index in [0.29, 0.717) is 18.4 Å². The van der Waals surface area contributed by atoms with Gasteiger partial charge in [0.15, 0.2) is 11.6 Å². The van der Waals surface area contributed by atoms with Crippen LogP contribution in [0.4, 0.5) is 13.2 Å². The van der Waals surface area contributed by atoms with Crippen LogP contribution in [0.25, 0.3) is 0 Å². The molecular formula is C15H14F3N. The van der Waals surface area contributed by atoms with Crippen LogP contribution < -0.4 is 5.73 Å². The second kappa shape index (κ2) is 5.89. The molecule has 0 amide bonds. The van der Waals surface area contributed by atoms with Crippen LogP contribution in [-0.4, -0.2) is 6.04 Å². The van der Waals surface area contributed by atoms with Crippen LogP contribution in [0.2, 0.25) is 0 Å². The summed E-state index contributed by atoms with van der Waals surface area (Å²) in [6, 6.07) is 9.62. The molecule has 0 saturated carbocycles. The van der Waals surface area contributed by atoms with Gasteiger partial charge in [0.1, 0.15) is 5.82 Å². The summed E-state index contributed by atoms with van der Waals surface area (Å²) in [5, 5.41) is 0. The number of hydrogen-bond acceptors (Lipinski definition) is 1. The Morgan fingerprint density at radius 2 is 1.37 bits per heavy atom. The highest BCUT2D eigenvalue weighted by molar-refractivity contribution is 5.21. The molecule has 0 bridgehead atoms. The number of nitrogens with two attached hydrogens (primary N) is 1. The lowest BCUT2D eigenvalue weighted by molar-refractivity contribution is 0.506. The van der Waals surface area contributed by atoms with Crippen molar-refractivity contribution in [1.82, 2.24) is 0 Å². The average molecular weight is 265 g/mol. The van der Waals surface area contributed by atoms with E-state index in [1.807, 2.05) is 0 Å². The molecule has 0 aliphatic carbocycles. The van der Waals surface area contributed by atoms with Crippen molar-refractivity contribution >= 4 is 0 Å². The summed E-state index contributed by atoms with van der Waals surface area (Å²) in [5.41, 5.74) is 7.51. The average Bonchev–Trinajstić information content (AvgIpc) is 2.37. The van der Waals surface area contributed by atoms with Crippen LogP contribution in [0.5, 0.6) is 0 Å². The Bertz CT molecular complexity index is 552. The third-order valence-corrected chi connectivity index (χ3v) is 2.89. The molecule has 19 heavy (non-hydrogen) atoms. The molecule has 1 atom stereocenters. The largest absolute Gasteiger partial charge is 0.327 e. The number of hydrogen-bond donors (Lipinski definition) is 1. The number of rotatable bonds is 4. The summed E-state index contributed by atoms with van der Waals surface area (Å²) in [6.07, 6.45) is 0.994. The van der Waals surface area contributed by atoms with Crippen molar-refractivity contribution in [2.75, 3.05) is 0 Å². The van der Waals surface area contributed by atoms with Crippen LogP contribution in [0.1, 0.15) is 11.1 Å². The predicted octanol–water partition coefficient (Wildman–Crippen LogP) is 3.22. The quantitative estimate of drug-likeness (QED) is 0.902. The normalized spacial score (nSPS) is 12.4. The Kier molecular flexibility index (Phi) is 4.22. The lowest BCUT2D eigenvalue weighted by Gasteiger charge is -2.12. The van der Waals surface area contributed by atoms with Crippen LogP contribution in [0.3, 0.4) is 0 Å². The molecule has 0 radical (unpaired) electrons. The van der Waals surface area contributed by atoms with Crippen LogP contribution in [-0.2, 0) is 12.8 Å². The van der Waals surface area contributed by atoms with Gasteiger partial charge in [0.2, 0.25) is 0 Å². The maximum Gasteiger partial charge on any atom is 0.159 e. The van der Waals surface area contributed by atoms with E-state index in [9.17, 15) is 13.2 Å². The predicted molar refractivity (Wildman–Crippen MR) is 68.1 cm³/mol. The third-order valence-electron chi connectivity index (χ3n) is 2.89. The minimum absolute atomic E-state index is 0.227. The highest BCUT2D eigenvalue weighted by atomic mass is 19.2. The fourth-order valence-electron chi connectivity index (χ4n) is 1.96. The number of benzene rings is 2. The van der Waals surface area contributed by atoms with Crippen LogP contribution in [0, 0.1) is 17.5 Å².